The molecule has 2 atom stereocenters. The van der Waals surface area contributed by atoms with Gasteiger partial charge in [0.15, 0.2) is 0 Å². The van der Waals surface area contributed by atoms with Gasteiger partial charge in [0.2, 0.25) is 6.29 Å². The van der Waals surface area contributed by atoms with Crippen LogP contribution in [0.3, 0.4) is 0 Å². The van der Waals surface area contributed by atoms with Gasteiger partial charge in [0.1, 0.15) is 23.4 Å². The third-order valence-electron chi connectivity index (χ3n) is 4.64. The van der Waals surface area contributed by atoms with Crippen LogP contribution in [-0.2, 0) is 4.74 Å². The molecule has 0 amide bonds. The molecule has 0 bridgehead atoms. The van der Waals surface area contributed by atoms with E-state index in [1.807, 2.05) is 57.2 Å². The molecule has 1 saturated heterocycles. The molecule has 3 aromatic rings. The Labute approximate surface area is 157 Å². The second-order valence-corrected chi connectivity index (χ2v) is 6.94. The lowest BCUT2D eigenvalue weighted by Crippen LogP contribution is -2.25. The van der Waals surface area contributed by atoms with E-state index in [2.05, 4.69) is 0 Å². The van der Waals surface area contributed by atoms with E-state index < -0.39 is 0 Å². The highest BCUT2D eigenvalue weighted by Gasteiger charge is 2.36. The van der Waals surface area contributed by atoms with Crippen LogP contribution in [0.5, 0.6) is 11.5 Å². The minimum absolute atomic E-state index is 0.0350. The first kappa shape index (κ1) is 17.5. The molecule has 2 aromatic carbocycles. The molecule has 2 unspecified atom stereocenters. The Kier molecular flexibility index (Phi) is 4.36. The SMILES string of the molecule is COc1ccc2nc(-c3ccc(OC4OC4C)cc3)n(C(C)C)c(=O)c2c1. The van der Waals surface area contributed by atoms with Crippen molar-refractivity contribution in [3.63, 3.8) is 0 Å². The first-order valence-corrected chi connectivity index (χ1v) is 9.01. The van der Waals surface area contributed by atoms with Gasteiger partial charge < -0.3 is 14.2 Å². The standard InChI is InChI=1S/C21H22N2O4/c1-12(2)23-19(14-5-7-15(8-6-14)27-21-13(3)26-21)22-18-10-9-16(25-4)11-17(18)20(23)24/h5-13,21H,1-4H3. The molecule has 0 aliphatic carbocycles. The maximum atomic E-state index is 13.1. The maximum absolute atomic E-state index is 13.1. The van der Waals surface area contributed by atoms with Gasteiger partial charge in [0.25, 0.3) is 5.56 Å². The van der Waals surface area contributed by atoms with Crippen molar-refractivity contribution in [3.05, 3.63) is 52.8 Å². The van der Waals surface area contributed by atoms with Gasteiger partial charge in [-0.05, 0) is 63.2 Å². The van der Waals surface area contributed by atoms with Crippen LogP contribution < -0.4 is 15.0 Å². The van der Waals surface area contributed by atoms with Crippen LogP contribution in [0.2, 0.25) is 0 Å². The quantitative estimate of drug-likeness (QED) is 0.643. The number of hydrogen-bond acceptors (Lipinski definition) is 5. The number of epoxide rings is 1. The minimum Gasteiger partial charge on any atom is -0.497 e. The Bertz CT molecular complexity index is 1040. The van der Waals surface area contributed by atoms with Crippen molar-refractivity contribution in [3.8, 4) is 22.9 Å². The highest BCUT2D eigenvalue weighted by Crippen LogP contribution is 2.28. The zero-order valence-corrected chi connectivity index (χ0v) is 15.8. The van der Waals surface area contributed by atoms with Crippen LogP contribution in [0.15, 0.2) is 47.3 Å². The van der Waals surface area contributed by atoms with Gasteiger partial charge in [-0.25, -0.2) is 4.98 Å². The van der Waals surface area contributed by atoms with Crippen LogP contribution in [0.1, 0.15) is 26.8 Å². The number of fused-ring (bicyclic) bond motifs is 1. The molecule has 6 heteroatoms. The second kappa shape index (κ2) is 6.70. The Morgan fingerprint density at radius 3 is 2.37 bits per heavy atom. The van der Waals surface area contributed by atoms with Crippen LogP contribution in [0, 0.1) is 0 Å². The van der Waals surface area contributed by atoms with Crippen molar-refractivity contribution in [1.82, 2.24) is 9.55 Å². The summed E-state index contributed by atoms with van der Waals surface area (Å²) in [7, 11) is 1.58. The summed E-state index contributed by atoms with van der Waals surface area (Å²) in [6.07, 6.45) is -0.0339. The number of ether oxygens (including phenoxy) is 3. The summed E-state index contributed by atoms with van der Waals surface area (Å²) < 4.78 is 17.9. The zero-order chi connectivity index (χ0) is 19.1. The molecular weight excluding hydrogens is 344 g/mol. The summed E-state index contributed by atoms with van der Waals surface area (Å²) in [5.74, 6) is 2.01. The van der Waals surface area contributed by atoms with Gasteiger partial charge in [0.05, 0.1) is 18.0 Å². The lowest BCUT2D eigenvalue weighted by Gasteiger charge is -2.17. The van der Waals surface area contributed by atoms with Gasteiger partial charge in [-0.2, -0.15) is 0 Å². The molecule has 1 fully saturated rings. The largest absolute Gasteiger partial charge is 0.497 e. The lowest BCUT2D eigenvalue weighted by molar-refractivity contribution is 0.178. The van der Waals surface area contributed by atoms with E-state index in [1.165, 1.54) is 0 Å². The molecule has 0 saturated carbocycles. The molecule has 27 heavy (non-hydrogen) atoms. The predicted molar refractivity (Wildman–Crippen MR) is 103 cm³/mol. The number of aromatic nitrogens is 2. The van der Waals surface area contributed by atoms with E-state index in [0.29, 0.717) is 22.5 Å². The van der Waals surface area contributed by atoms with E-state index in [1.54, 1.807) is 17.7 Å². The predicted octanol–water partition coefficient (Wildman–Crippen LogP) is 3.78. The van der Waals surface area contributed by atoms with E-state index in [0.717, 1.165) is 11.3 Å². The summed E-state index contributed by atoms with van der Waals surface area (Å²) in [6, 6.07) is 12.9. The average molecular weight is 366 g/mol. The Morgan fingerprint density at radius 2 is 1.78 bits per heavy atom. The van der Waals surface area contributed by atoms with E-state index >= 15 is 0 Å². The first-order valence-electron chi connectivity index (χ1n) is 9.01. The molecule has 1 aliphatic rings. The fraction of sp³-hybridized carbons (Fsp3) is 0.333. The summed E-state index contributed by atoms with van der Waals surface area (Å²) >= 11 is 0. The lowest BCUT2D eigenvalue weighted by atomic mass is 10.1. The molecule has 0 spiro atoms. The molecule has 140 valence electrons. The van der Waals surface area contributed by atoms with Crippen LogP contribution in [0.4, 0.5) is 0 Å². The van der Waals surface area contributed by atoms with E-state index in [9.17, 15) is 4.79 Å². The topological polar surface area (TPSA) is 65.9 Å². The third-order valence-corrected chi connectivity index (χ3v) is 4.64. The van der Waals surface area contributed by atoms with Crippen LogP contribution in [0.25, 0.3) is 22.3 Å². The summed E-state index contributed by atoms with van der Waals surface area (Å²) in [6.45, 7) is 5.91. The molecule has 0 N–H and O–H groups in total. The minimum atomic E-state index is -0.168. The normalized spacial score (nSPS) is 18.7. The molecule has 0 radical (unpaired) electrons. The first-order chi connectivity index (χ1) is 13.0. The van der Waals surface area contributed by atoms with Crippen molar-refractivity contribution in [2.75, 3.05) is 7.11 Å². The summed E-state index contributed by atoms with van der Waals surface area (Å²) in [5.41, 5.74) is 1.42. The molecule has 2 heterocycles. The van der Waals surface area contributed by atoms with Gasteiger partial charge in [-0.1, -0.05) is 0 Å². The Balaban J connectivity index is 1.80. The second-order valence-electron chi connectivity index (χ2n) is 6.94. The highest BCUT2D eigenvalue weighted by atomic mass is 16.8. The molecule has 1 aliphatic heterocycles. The van der Waals surface area contributed by atoms with Gasteiger partial charge >= 0.3 is 0 Å². The summed E-state index contributed by atoms with van der Waals surface area (Å²) in [5, 5.41) is 0.548. The fourth-order valence-electron chi connectivity index (χ4n) is 3.09. The van der Waals surface area contributed by atoms with Gasteiger partial charge in [0, 0.05) is 11.6 Å². The smallest absolute Gasteiger partial charge is 0.262 e. The molecule has 6 nitrogen and oxygen atoms in total. The van der Waals surface area contributed by atoms with E-state index in [4.69, 9.17) is 19.2 Å². The maximum Gasteiger partial charge on any atom is 0.262 e. The van der Waals surface area contributed by atoms with Crippen molar-refractivity contribution in [2.45, 2.75) is 39.2 Å². The van der Waals surface area contributed by atoms with Crippen molar-refractivity contribution in [1.29, 1.82) is 0 Å². The fourth-order valence-corrected chi connectivity index (χ4v) is 3.09. The number of hydrogen-bond donors (Lipinski definition) is 0. The number of rotatable bonds is 5. The number of methoxy groups -OCH3 is 1. The van der Waals surface area contributed by atoms with Gasteiger partial charge in [-0.3, -0.25) is 9.36 Å². The van der Waals surface area contributed by atoms with E-state index in [-0.39, 0.29) is 24.0 Å². The van der Waals surface area contributed by atoms with Gasteiger partial charge in [-0.15, -0.1) is 0 Å². The Morgan fingerprint density at radius 1 is 1.11 bits per heavy atom. The zero-order valence-electron chi connectivity index (χ0n) is 15.8. The Hall–Kier alpha value is -2.86. The summed E-state index contributed by atoms with van der Waals surface area (Å²) in [4.78, 5) is 17.9. The average Bonchev–Trinajstić information content (AvgIpc) is 3.36. The molecule has 4 rings (SSSR count). The van der Waals surface area contributed by atoms with Crippen molar-refractivity contribution >= 4 is 10.9 Å². The third kappa shape index (κ3) is 3.28. The molecular formula is C21H22N2O4. The van der Waals surface area contributed by atoms with Crippen LogP contribution in [-0.4, -0.2) is 29.1 Å². The monoisotopic (exact) mass is 366 g/mol. The van der Waals surface area contributed by atoms with Crippen molar-refractivity contribution < 1.29 is 14.2 Å². The van der Waals surface area contributed by atoms with Crippen LogP contribution >= 0.6 is 0 Å². The number of nitrogens with zero attached hydrogens (tertiary/aromatic N) is 2. The highest BCUT2D eigenvalue weighted by molar-refractivity contribution is 5.81. The number of benzene rings is 2. The van der Waals surface area contributed by atoms with Crippen molar-refractivity contribution in [2.24, 2.45) is 0 Å². The molecule has 1 aromatic heterocycles.